The maximum atomic E-state index is 12.1. The summed E-state index contributed by atoms with van der Waals surface area (Å²) in [5.41, 5.74) is 2.23. The SMILES string of the molecule is O=C(Nc1ccc(OCc2ccccc2)cc1)c1ccc(Cl)nc1. The van der Waals surface area contributed by atoms with Gasteiger partial charge in [-0.05, 0) is 42.0 Å². The minimum absolute atomic E-state index is 0.239. The van der Waals surface area contributed by atoms with Crippen LogP contribution in [0, 0.1) is 0 Å². The Morgan fingerprint density at radius 1 is 1.00 bits per heavy atom. The molecule has 1 amide bonds. The minimum Gasteiger partial charge on any atom is -0.489 e. The summed E-state index contributed by atoms with van der Waals surface area (Å²) in [5, 5.41) is 3.15. The maximum absolute atomic E-state index is 12.1. The minimum atomic E-state index is -0.239. The van der Waals surface area contributed by atoms with E-state index in [1.54, 1.807) is 24.3 Å². The van der Waals surface area contributed by atoms with Gasteiger partial charge >= 0.3 is 0 Å². The number of aromatic nitrogens is 1. The van der Waals surface area contributed by atoms with Crippen molar-refractivity contribution in [3.8, 4) is 5.75 Å². The normalized spacial score (nSPS) is 10.2. The van der Waals surface area contributed by atoms with Crippen molar-refractivity contribution < 1.29 is 9.53 Å². The fraction of sp³-hybridized carbons (Fsp3) is 0.0526. The van der Waals surface area contributed by atoms with Crippen LogP contribution in [0.25, 0.3) is 0 Å². The lowest BCUT2D eigenvalue weighted by Crippen LogP contribution is -2.12. The van der Waals surface area contributed by atoms with E-state index in [9.17, 15) is 4.79 Å². The molecule has 0 spiro atoms. The predicted octanol–water partition coefficient (Wildman–Crippen LogP) is 4.57. The number of halogens is 1. The van der Waals surface area contributed by atoms with Crippen LogP contribution < -0.4 is 10.1 Å². The number of rotatable bonds is 5. The van der Waals surface area contributed by atoms with Gasteiger partial charge in [0.15, 0.2) is 0 Å². The average Bonchev–Trinajstić information content (AvgIpc) is 2.62. The van der Waals surface area contributed by atoms with Crippen LogP contribution in [-0.2, 0) is 6.61 Å². The third kappa shape index (κ3) is 4.33. The number of hydrogen-bond acceptors (Lipinski definition) is 3. The van der Waals surface area contributed by atoms with Gasteiger partial charge in [0.05, 0.1) is 5.56 Å². The van der Waals surface area contributed by atoms with Gasteiger partial charge in [0.2, 0.25) is 0 Å². The van der Waals surface area contributed by atoms with Gasteiger partial charge in [-0.3, -0.25) is 4.79 Å². The van der Waals surface area contributed by atoms with Gasteiger partial charge in [0.1, 0.15) is 17.5 Å². The molecular weight excluding hydrogens is 324 g/mol. The number of nitrogens with one attached hydrogen (secondary N) is 1. The monoisotopic (exact) mass is 338 g/mol. The summed E-state index contributed by atoms with van der Waals surface area (Å²) in [5.74, 6) is 0.502. The van der Waals surface area contributed by atoms with Gasteiger partial charge in [-0.2, -0.15) is 0 Å². The van der Waals surface area contributed by atoms with E-state index >= 15 is 0 Å². The molecule has 0 bridgehead atoms. The van der Waals surface area contributed by atoms with Crippen molar-refractivity contribution in [1.29, 1.82) is 0 Å². The number of anilines is 1. The van der Waals surface area contributed by atoms with Crippen LogP contribution in [0.1, 0.15) is 15.9 Å². The number of hydrogen-bond donors (Lipinski definition) is 1. The molecule has 3 rings (SSSR count). The van der Waals surface area contributed by atoms with Crippen molar-refractivity contribution >= 4 is 23.2 Å². The Balaban J connectivity index is 1.58. The number of nitrogens with zero attached hydrogens (tertiary/aromatic N) is 1. The molecule has 2 aromatic carbocycles. The summed E-state index contributed by atoms with van der Waals surface area (Å²) >= 11 is 5.71. The highest BCUT2D eigenvalue weighted by atomic mass is 35.5. The maximum Gasteiger partial charge on any atom is 0.257 e. The quantitative estimate of drug-likeness (QED) is 0.693. The summed E-state index contributed by atoms with van der Waals surface area (Å²) in [6.45, 7) is 0.503. The zero-order valence-electron chi connectivity index (χ0n) is 12.8. The number of pyridine rings is 1. The van der Waals surface area contributed by atoms with Crippen LogP contribution in [0.2, 0.25) is 5.15 Å². The van der Waals surface area contributed by atoms with E-state index in [-0.39, 0.29) is 5.91 Å². The molecule has 0 aliphatic rings. The largest absolute Gasteiger partial charge is 0.489 e. The average molecular weight is 339 g/mol. The molecule has 4 nitrogen and oxygen atoms in total. The van der Waals surface area contributed by atoms with Gasteiger partial charge in [0, 0.05) is 11.9 Å². The first kappa shape index (κ1) is 16.0. The predicted molar refractivity (Wildman–Crippen MR) is 94.4 cm³/mol. The first-order valence-corrected chi connectivity index (χ1v) is 7.78. The Bertz CT molecular complexity index is 803. The highest BCUT2D eigenvalue weighted by Crippen LogP contribution is 2.18. The number of ether oxygens (including phenoxy) is 1. The lowest BCUT2D eigenvalue weighted by Gasteiger charge is -2.08. The highest BCUT2D eigenvalue weighted by molar-refractivity contribution is 6.29. The summed E-state index contributed by atoms with van der Waals surface area (Å²) in [6, 6.07) is 20.4. The highest BCUT2D eigenvalue weighted by Gasteiger charge is 2.06. The molecule has 0 atom stereocenters. The number of carbonyl (C=O) groups is 1. The molecule has 1 N–H and O–H groups in total. The molecule has 1 heterocycles. The van der Waals surface area contributed by atoms with E-state index in [4.69, 9.17) is 16.3 Å². The second kappa shape index (κ2) is 7.62. The first-order valence-electron chi connectivity index (χ1n) is 7.40. The van der Waals surface area contributed by atoms with Crippen molar-refractivity contribution in [3.05, 3.63) is 89.2 Å². The molecule has 24 heavy (non-hydrogen) atoms. The lowest BCUT2D eigenvalue weighted by molar-refractivity contribution is 0.102. The number of carbonyl (C=O) groups excluding carboxylic acids is 1. The van der Waals surface area contributed by atoms with Crippen molar-refractivity contribution in [2.24, 2.45) is 0 Å². The van der Waals surface area contributed by atoms with E-state index in [0.29, 0.717) is 23.0 Å². The topological polar surface area (TPSA) is 51.2 Å². The molecule has 120 valence electrons. The third-order valence-electron chi connectivity index (χ3n) is 3.35. The Labute approximate surface area is 145 Å². The fourth-order valence-electron chi connectivity index (χ4n) is 2.09. The molecule has 0 aliphatic heterocycles. The first-order chi connectivity index (χ1) is 11.7. The lowest BCUT2D eigenvalue weighted by atomic mass is 10.2. The molecule has 0 saturated heterocycles. The van der Waals surface area contributed by atoms with E-state index in [1.807, 2.05) is 42.5 Å². The Hall–Kier alpha value is -2.85. The molecule has 0 fully saturated rings. The van der Waals surface area contributed by atoms with Gasteiger partial charge in [0.25, 0.3) is 5.91 Å². The zero-order chi connectivity index (χ0) is 16.8. The van der Waals surface area contributed by atoms with E-state index in [1.165, 1.54) is 6.20 Å². The molecule has 1 aromatic heterocycles. The standard InChI is InChI=1S/C19H15ClN2O2/c20-18-11-6-15(12-21-18)19(23)22-16-7-9-17(10-8-16)24-13-14-4-2-1-3-5-14/h1-12H,13H2,(H,22,23). The molecule has 0 aliphatic carbocycles. The second-order valence-electron chi connectivity index (χ2n) is 5.12. The second-order valence-corrected chi connectivity index (χ2v) is 5.51. The van der Waals surface area contributed by atoms with Crippen molar-refractivity contribution in [2.45, 2.75) is 6.61 Å². The Morgan fingerprint density at radius 2 is 1.75 bits per heavy atom. The molecule has 0 unspecified atom stereocenters. The zero-order valence-corrected chi connectivity index (χ0v) is 13.5. The fourth-order valence-corrected chi connectivity index (χ4v) is 2.20. The molecular formula is C19H15ClN2O2. The Kier molecular flexibility index (Phi) is 5.08. The van der Waals surface area contributed by atoms with Gasteiger partial charge < -0.3 is 10.1 Å². The number of amides is 1. The summed E-state index contributed by atoms with van der Waals surface area (Å²) < 4.78 is 5.71. The van der Waals surface area contributed by atoms with Gasteiger partial charge in [-0.15, -0.1) is 0 Å². The molecule has 5 heteroatoms. The Morgan fingerprint density at radius 3 is 2.42 bits per heavy atom. The molecule has 0 radical (unpaired) electrons. The molecule has 0 saturated carbocycles. The summed E-state index contributed by atoms with van der Waals surface area (Å²) in [6.07, 6.45) is 1.44. The van der Waals surface area contributed by atoms with Gasteiger partial charge in [-0.1, -0.05) is 41.9 Å². The number of benzene rings is 2. The van der Waals surface area contributed by atoms with Crippen LogP contribution in [0.5, 0.6) is 5.75 Å². The van der Waals surface area contributed by atoms with Gasteiger partial charge in [-0.25, -0.2) is 4.98 Å². The van der Waals surface area contributed by atoms with E-state index < -0.39 is 0 Å². The van der Waals surface area contributed by atoms with Crippen molar-refractivity contribution in [1.82, 2.24) is 4.98 Å². The van der Waals surface area contributed by atoms with Crippen LogP contribution >= 0.6 is 11.6 Å². The van der Waals surface area contributed by atoms with E-state index in [0.717, 1.165) is 11.3 Å². The summed E-state index contributed by atoms with van der Waals surface area (Å²) in [7, 11) is 0. The van der Waals surface area contributed by atoms with Crippen LogP contribution in [0.15, 0.2) is 72.9 Å². The van der Waals surface area contributed by atoms with Crippen LogP contribution in [-0.4, -0.2) is 10.9 Å². The molecule has 3 aromatic rings. The van der Waals surface area contributed by atoms with Crippen molar-refractivity contribution in [2.75, 3.05) is 5.32 Å². The smallest absolute Gasteiger partial charge is 0.257 e. The summed E-state index contributed by atoms with van der Waals surface area (Å²) in [4.78, 5) is 16.0. The third-order valence-corrected chi connectivity index (χ3v) is 3.57. The van der Waals surface area contributed by atoms with Crippen LogP contribution in [0.4, 0.5) is 5.69 Å². The van der Waals surface area contributed by atoms with Crippen molar-refractivity contribution in [3.63, 3.8) is 0 Å². The van der Waals surface area contributed by atoms with Crippen LogP contribution in [0.3, 0.4) is 0 Å². The van der Waals surface area contributed by atoms with E-state index in [2.05, 4.69) is 10.3 Å².